The number of allylic oxidation sites excluding steroid dienone is 1. The third kappa shape index (κ3) is 3.44. The van der Waals surface area contributed by atoms with E-state index < -0.39 is 7.26 Å². The highest BCUT2D eigenvalue weighted by molar-refractivity contribution is 7.74. The Balaban J connectivity index is 0.00000169. The Hall–Kier alpha value is -0.320. The number of hydrogen-bond donors (Lipinski definition) is 0. The Kier molecular flexibility index (Phi) is 5.41. The van der Waals surface area contributed by atoms with Crippen molar-refractivity contribution in [3.05, 3.63) is 48.6 Å². The Morgan fingerprint density at radius 3 is 2.00 bits per heavy atom. The van der Waals surface area contributed by atoms with E-state index in [2.05, 4.69) is 63.0 Å². The molecule has 1 aromatic carbocycles. The van der Waals surface area contributed by atoms with Crippen molar-refractivity contribution in [3.8, 4) is 0 Å². The highest BCUT2D eigenvalue weighted by Crippen LogP contribution is 2.61. The number of rotatable bonds is 3. The van der Waals surface area contributed by atoms with Gasteiger partial charge in [-0.1, -0.05) is 36.9 Å². The first kappa shape index (κ1) is 13.7. The van der Waals surface area contributed by atoms with Gasteiger partial charge in [0.25, 0.3) is 0 Å². The molecular weight excluding hydrogens is 211 g/mol. The molecule has 1 atom stereocenters. The van der Waals surface area contributed by atoms with Crippen molar-refractivity contribution in [2.75, 3.05) is 20.0 Å². The van der Waals surface area contributed by atoms with Crippen molar-refractivity contribution in [1.82, 2.24) is 0 Å². The topological polar surface area (TPSA) is 0 Å². The molecule has 0 fully saturated rings. The van der Waals surface area contributed by atoms with E-state index in [9.17, 15) is 0 Å². The minimum Gasteiger partial charge on any atom is -1.00 e. The number of halogens is 1. The van der Waals surface area contributed by atoms with Crippen LogP contribution in [0, 0.1) is 0 Å². The van der Waals surface area contributed by atoms with Gasteiger partial charge in [-0.15, -0.1) is 0 Å². The van der Waals surface area contributed by atoms with Crippen LogP contribution in [-0.4, -0.2) is 20.0 Å². The summed E-state index contributed by atoms with van der Waals surface area (Å²) in [4.78, 5) is 0. The molecule has 0 saturated heterocycles. The third-order valence-corrected chi connectivity index (χ3v) is 4.38. The molecular formula is C12H18ClP. The van der Waals surface area contributed by atoms with Crippen molar-refractivity contribution >= 4 is 7.26 Å². The predicted octanol–water partition coefficient (Wildman–Crippen LogP) is 0.825. The molecule has 0 bridgehead atoms. The van der Waals surface area contributed by atoms with Crippen LogP contribution in [0.4, 0.5) is 0 Å². The van der Waals surface area contributed by atoms with Crippen LogP contribution < -0.4 is 12.4 Å². The third-order valence-electron chi connectivity index (χ3n) is 2.20. The van der Waals surface area contributed by atoms with Gasteiger partial charge in [0.05, 0.1) is 0 Å². The average Bonchev–Trinajstić information content (AvgIpc) is 2.05. The largest absolute Gasteiger partial charge is 1.00 e. The number of benzene rings is 1. The first-order chi connectivity index (χ1) is 6.05. The van der Waals surface area contributed by atoms with Crippen molar-refractivity contribution in [3.63, 3.8) is 0 Å². The second kappa shape index (κ2) is 5.53. The fraction of sp³-hybridized carbons (Fsp3) is 0.333. The summed E-state index contributed by atoms with van der Waals surface area (Å²) in [6.45, 7) is 11.0. The molecule has 0 aromatic heterocycles. The molecule has 0 amide bonds. The van der Waals surface area contributed by atoms with Crippen molar-refractivity contribution in [2.45, 2.75) is 5.66 Å². The lowest BCUT2D eigenvalue weighted by atomic mass is 10.1. The molecule has 0 nitrogen and oxygen atoms in total. The van der Waals surface area contributed by atoms with Gasteiger partial charge in [-0.3, -0.25) is 0 Å². The Morgan fingerprint density at radius 2 is 1.64 bits per heavy atom. The average molecular weight is 229 g/mol. The fourth-order valence-electron chi connectivity index (χ4n) is 1.55. The minimum absolute atomic E-state index is 0. The van der Waals surface area contributed by atoms with Gasteiger partial charge in [0, 0.05) is 27.3 Å². The standard InChI is InChI=1S/C12H18P.ClH/c1-5-12(13(2,3)4)11-9-7-6-8-10-11;/h5-10,12H,1H2,2-4H3;1H/q+1;/p-1. The van der Waals surface area contributed by atoms with Crippen LogP contribution in [0.25, 0.3) is 0 Å². The molecule has 0 saturated carbocycles. The summed E-state index contributed by atoms with van der Waals surface area (Å²) in [5.74, 6) is 0. The number of hydrogen-bond acceptors (Lipinski definition) is 0. The summed E-state index contributed by atoms with van der Waals surface area (Å²) < 4.78 is 0. The quantitative estimate of drug-likeness (QED) is 0.531. The Morgan fingerprint density at radius 1 is 1.14 bits per heavy atom. The smallest absolute Gasteiger partial charge is 0.111 e. The summed E-state index contributed by atoms with van der Waals surface area (Å²) in [6.07, 6.45) is 2.09. The van der Waals surface area contributed by atoms with E-state index in [0.29, 0.717) is 5.66 Å². The second-order valence-corrected chi connectivity index (χ2v) is 9.00. The molecule has 0 aliphatic carbocycles. The van der Waals surface area contributed by atoms with E-state index in [-0.39, 0.29) is 12.4 Å². The lowest BCUT2D eigenvalue weighted by Gasteiger charge is -2.21. The maximum Gasteiger partial charge on any atom is 0.111 e. The fourth-order valence-corrected chi connectivity index (χ4v) is 3.25. The van der Waals surface area contributed by atoms with Gasteiger partial charge >= 0.3 is 0 Å². The molecule has 2 heteroatoms. The minimum atomic E-state index is -0.866. The van der Waals surface area contributed by atoms with E-state index in [1.165, 1.54) is 5.56 Å². The molecule has 1 rings (SSSR count). The highest BCUT2D eigenvalue weighted by Gasteiger charge is 2.29. The molecule has 78 valence electrons. The van der Waals surface area contributed by atoms with Crippen LogP contribution >= 0.6 is 7.26 Å². The zero-order valence-corrected chi connectivity index (χ0v) is 10.7. The summed E-state index contributed by atoms with van der Waals surface area (Å²) >= 11 is 0. The van der Waals surface area contributed by atoms with Crippen LogP contribution in [0.2, 0.25) is 0 Å². The van der Waals surface area contributed by atoms with Crippen molar-refractivity contribution in [2.24, 2.45) is 0 Å². The van der Waals surface area contributed by atoms with E-state index in [1.807, 2.05) is 0 Å². The van der Waals surface area contributed by atoms with Crippen molar-refractivity contribution in [1.29, 1.82) is 0 Å². The molecule has 14 heavy (non-hydrogen) atoms. The lowest BCUT2D eigenvalue weighted by molar-refractivity contribution is -0.00000295. The Labute approximate surface area is 94.2 Å². The van der Waals surface area contributed by atoms with Crippen LogP contribution in [-0.2, 0) is 0 Å². The second-order valence-electron chi connectivity index (χ2n) is 4.21. The van der Waals surface area contributed by atoms with Gasteiger partial charge in [-0.25, -0.2) is 0 Å². The predicted molar refractivity (Wildman–Crippen MR) is 64.1 cm³/mol. The first-order valence-corrected chi connectivity index (χ1v) is 7.74. The first-order valence-electron chi connectivity index (χ1n) is 4.54. The summed E-state index contributed by atoms with van der Waals surface area (Å²) in [5.41, 5.74) is 1.95. The van der Waals surface area contributed by atoms with Crippen LogP contribution in [0.15, 0.2) is 43.0 Å². The molecule has 0 aliphatic rings. The van der Waals surface area contributed by atoms with Gasteiger partial charge < -0.3 is 12.4 Å². The zero-order chi connectivity index (χ0) is 9.90. The van der Waals surface area contributed by atoms with Gasteiger partial charge in [-0.05, 0) is 11.6 Å². The van der Waals surface area contributed by atoms with Crippen LogP contribution in [0.3, 0.4) is 0 Å². The lowest BCUT2D eigenvalue weighted by Crippen LogP contribution is -3.00. The van der Waals surface area contributed by atoms with Gasteiger partial charge in [0.15, 0.2) is 0 Å². The van der Waals surface area contributed by atoms with E-state index in [0.717, 1.165) is 0 Å². The van der Waals surface area contributed by atoms with E-state index in [1.54, 1.807) is 0 Å². The SMILES string of the molecule is C=CC(c1ccccc1)[P+](C)(C)C.[Cl-]. The molecule has 0 spiro atoms. The monoisotopic (exact) mass is 228 g/mol. The van der Waals surface area contributed by atoms with Gasteiger partial charge in [-0.2, -0.15) is 0 Å². The van der Waals surface area contributed by atoms with Gasteiger partial charge in [0.2, 0.25) is 0 Å². The summed E-state index contributed by atoms with van der Waals surface area (Å²) in [5, 5.41) is 0. The highest BCUT2D eigenvalue weighted by atomic mass is 35.5. The maximum atomic E-state index is 3.93. The normalized spacial score (nSPS) is 12.8. The summed E-state index contributed by atoms with van der Waals surface area (Å²) in [7, 11) is -0.866. The molecule has 0 N–H and O–H groups in total. The van der Waals surface area contributed by atoms with Crippen LogP contribution in [0.5, 0.6) is 0 Å². The Bertz CT molecular complexity index is 274. The zero-order valence-electron chi connectivity index (χ0n) is 9.07. The van der Waals surface area contributed by atoms with Gasteiger partial charge in [0.1, 0.15) is 5.66 Å². The molecule has 0 heterocycles. The molecule has 1 unspecified atom stereocenters. The van der Waals surface area contributed by atoms with E-state index in [4.69, 9.17) is 0 Å². The molecule has 0 aliphatic heterocycles. The maximum absolute atomic E-state index is 3.93. The van der Waals surface area contributed by atoms with E-state index >= 15 is 0 Å². The molecule has 1 aromatic rings. The van der Waals surface area contributed by atoms with Crippen LogP contribution in [0.1, 0.15) is 11.2 Å². The molecule has 0 radical (unpaired) electrons. The summed E-state index contributed by atoms with van der Waals surface area (Å²) in [6, 6.07) is 10.6. The van der Waals surface area contributed by atoms with Crippen molar-refractivity contribution < 1.29 is 12.4 Å².